The van der Waals surface area contributed by atoms with E-state index in [1.165, 1.54) is 10.4 Å². The van der Waals surface area contributed by atoms with Crippen molar-refractivity contribution < 1.29 is 18.3 Å². The molecule has 0 aromatic rings. The minimum absolute atomic E-state index is 0.176. The predicted octanol–water partition coefficient (Wildman–Crippen LogP) is 0.443. The van der Waals surface area contributed by atoms with Gasteiger partial charge in [-0.05, 0) is 12.8 Å². The van der Waals surface area contributed by atoms with Gasteiger partial charge < -0.3 is 5.11 Å². The van der Waals surface area contributed by atoms with Gasteiger partial charge in [-0.2, -0.15) is 4.31 Å². The molecule has 0 amide bonds. The lowest BCUT2D eigenvalue weighted by atomic mass is 10.2. The summed E-state index contributed by atoms with van der Waals surface area (Å²) in [6.07, 6.45) is 2.51. The molecule has 0 unspecified atom stereocenters. The zero-order valence-corrected chi connectivity index (χ0v) is 9.46. The fourth-order valence-corrected chi connectivity index (χ4v) is 2.95. The van der Waals surface area contributed by atoms with E-state index in [9.17, 15) is 13.2 Å². The highest BCUT2D eigenvalue weighted by Gasteiger charge is 2.27. The third-order valence-corrected chi connectivity index (χ3v) is 4.32. The summed E-state index contributed by atoms with van der Waals surface area (Å²) in [6, 6.07) is 0. The minimum atomic E-state index is -3.12. The van der Waals surface area contributed by atoms with Crippen LogP contribution in [0.1, 0.15) is 19.8 Å². The van der Waals surface area contributed by atoms with Crippen LogP contribution in [0.15, 0.2) is 11.6 Å². The first-order valence-electron chi connectivity index (χ1n) is 4.87. The number of sulfonamides is 1. The first-order valence-corrected chi connectivity index (χ1v) is 6.48. The van der Waals surface area contributed by atoms with Crippen molar-refractivity contribution in [2.75, 3.05) is 18.8 Å². The summed E-state index contributed by atoms with van der Waals surface area (Å²) in [5, 5.41) is 8.74. The molecule has 0 bridgehead atoms. The van der Waals surface area contributed by atoms with Crippen LogP contribution in [0.25, 0.3) is 0 Å². The Hall–Kier alpha value is -0.880. The van der Waals surface area contributed by atoms with Crippen LogP contribution in [0.3, 0.4) is 0 Å². The molecule has 15 heavy (non-hydrogen) atoms. The lowest BCUT2D eigenvalue weighted by Crippen LogP contribution is -2.26. The van der Waals surface area contributed by atoms with Crippen LogP contribution in [0.5, 0.6) is 0 Å². The monoisotopic (exact) mass is 233 g/mol. The molecule has 86 valence electrons. The fraction of sp³-hybridized carbons (Fsp3) is 0.667. The van der Waals surface area contributed by atoms with Crippen LogP contribution in [0, 0.1) is 0 Å². The average Bonchev–Trinajstić information content (AvgIpc) is 2.46. The second kappa shape index (κ2) is 4.76. The van der Waals surface area contributed by atoms with Gasteiger partial charge in [-0.1, -0.05) is 13.0 Å². The van der Waals surface area contributed by atoms with Gasteiger partial charge in [0.15, 0.2) is 0 Å². The van der Waals surface area contributed by atoms with Crippen molar-refractivity contribution in [1.29, 1.82) is 0 Å². The second-order valence-electron chi connectivity index (χ2n) is 3.42. The largest absolute Gasteiger partial charge is 0.478 e. The van der Waals surface area contributed by atoms with E-state index in [2.05, 4.69) is 0 Å². The van der Waals surface area contributed by atoms with Crippen LogP contribution in [0.4, 0.5) is 0 Å². The molecule has 0 aromatic heterocycles. The van der Waals surface area contributed by atoms with Gasteiger partial charge in [-0.25, -0.2) is 13.2 Å². The van der Waals surface area contributed by atoms with Gasteiger partial charge in [0, 0.05) is 18.7 Å². The Morgan fingerprint density at radius 3 is 2.60 bits per heavy atom. The minimum Gasteiger partial charge on any atom is -0.478 e. The molecular formula is C9H15NO4S. The fourth-order valence-electron chi connectivity index (χ4n) is 1.49. The van der Waals surface area contributed by atoms with E-state index in [0.717, 1.165) is 0 Å². The third kappa shape index (κ3) is 3.04. The van der Waals surface area contributed by atoms with Gasteiger partial charge >= 0.3 is 5.97 Å². The summed E-state index contributed by atoms with van der Waals surface area (Å²) in [6.45, 7) is 2.41. The summed E-state index contributed by atoms with van der Waals surface area (Å²) in [5.74, 6) is -0.802. The third-order valence-electron chi connectivity index (χ3n) is 2.40. The molecule has 1 rings (SSSR count). The van der Waals surface area contributed by atoms with Crippen LogP contribution in [-0.2, 0) is 14.8 Å². The van der Waals surface area contributed by atoms with E-state index in [1.54, 1.807) is 6.92 Å². The number of carbonyl (C=O) groups is 1. The van der Waals surface area contributed by atoms with Gasteiger partial charge in [0.25, 0.3) is 0 Å². The molecule has 1 heterocycles. The van der Waals surface area contributed by atoms with Gasteiger partial charge in [0.05, 0.1) is 5.75 Å². The van der Waals surface area contributed by atoms with E-state index in [-0.39, 0.29) is 17.9 Å². The standard InChI is InChI=1S/C9H15NO4S/c1-2-8(9(11)12)4-6-10-5-3-7-15(10,13)14/h4H,2-3,5-7H2,1H3,(H,11,12). The molecule has 0 spiro atoms. The number of carboxylic acid groups (broad SMARTS) is 1. The molecule has 1 saturated heterocycles. The molecule has 0 atom stereocenters. The quantitative estimate of drug-likeness (QED) is 0.715. The summed E-state index contributed by atoms with van der Waals surface area (Å²) in [4.78, 5) is 10.7. The summed E-state index contributed by atoms with van der Waals surface area (Å²) in [7, 11) is -3.12. The molecule has 1 N–H and O–H groups in total. The zero-order chi connectivity index (χ0) is 11.5. The summed E-state index contributed by atoms with van der Waals surface area (Å²) in [5.41, 5.74) is 0.261. The highest BCUT2D eigenvalue weighted by atomic mass is 32.2. The van der Waals surface area contributed by atoms with Gasteiger partial charge in [0.2, 0.25) is 10.0 Å². The van der Waals surface area contributed by atoms with E-state index in [1.807, 2.05) is 0 Å². The van der Waals surface area contributed by atoms with Gasteiger partial charge in [-0.3, -0.25) is 0 Å². The zero-order valence-electron chi connectivity index (χ0n) is 8.64. The van der Waals surface area contributed by atoms with Crippen molar-refractivity contribution in [3.63, 3.8) is 0 Å². The Bertz CT molecular complexity index is 372. The maximum Gasteiger partial charge on any atom is 0.331 e. The first-order chi connectivity index (χ1) is 6.97. The topological polar surface area (TPSA) is 74.7 Å². The van der Waals surface area contributed by atoms with Crippen LogP contribution < -0.4 is 0 Å². The maximum absolute atomic E-state index is 11.4. The predicted molar refractivity (Wildman–Crippen MR) is 56.0 cm³/mol. The number of carboxylic acids is 1. The number of hydrogen-bond donors (Lipinski definition) is 1. The van der Waals surface area contributed by atoms with Crippen LogP contribution in [-0.4, -0.2) is 42.6 Å². The van der Waals surface area contributed by atoms with Crippen molar-refractivity contribution >= 4 is 16.0 Å². The van der Waals surface area contributed by atoms with Gasteiger partial charge in [-0.15, -0.1) is 0 Å². The lowest BCUT2D eigenvalue weighted by Gasteiger charge is -2.11. The average molecular weight is 233 g/mol. The van der Waals surface area contributed by atoms with Crippen LogP contribution >= 0.6 is 0 Å². The molecule has 0 saturated carbocycles. The Labute approximate surface area is 89.4 Å². The number of aliphatic carboxylic acids is 1. The van der Waals surface area contributed by atoms with E-state index in [0.29, 0.717) is 19.4 Å². The van der Waals surface area contributed by atoms with Crippen molar-refractivity contribution in [3.05, 3.63) is 11.6 Å². The Morgan fingerprint density at radius 1 is 1.53 bits per heavy atom. The maximum atomic E-state index is 11.4. The van der Waals surface area contributed by atoms with Gasteiger partial charge in [0.1, 0.15) is 0 Å². The number of nitrogens with zero attached hydrogens (tertiary/aromatic N) is 1. The molecule has 1 aliphatic heterocycles. The van der Waals surface area contributed by atoms with Crippen LogP contribution in [0.2, 0.25) is 0 Å². The van der Waals surface area contributed by atoms with Crippen molar-refractivity contribution in [1.82, 2.24) is 4.31 Å². The second-order valence-corrected chi connectivity index (χ2v) is 5.50. The SMILES string of the molecule is CCC(=CCN1CCCS1(=O)=O)C(=O)O. The molecule has 5 nitrogen and oxygen atoms in total. The molecule has 6 heteroatoms. The van der Waals surface area contributed by atoms with E-state index < -0.39 is 16.0 Å². The number of hydrogen-bond acceptors (Lipinski definition) is 3. The van der Waals surface area contributed by atoms with Crippen molar-refractivity contribution in [2.24, 2.45) is 0 Å². The molecular weight excluding hydrogens is 218 g/mol. The highest BCUT2D eigenvalue weighted by Crippen LogP contribution is 2.13. The number of rotatable bonds is 4. The smallest absolute Gasteiger partial charge is 0.331 e. The molecule has 1 aliphatic rings. The molecule has 0 aromatic carbocycles. The molecule has 0 aliphatic carbocycles. The Balaban J connectivity index is 2.67. The Kier molecular flexibility index (Phi) is 3.87. The lowest BCUT2D eigenvalue weighted by molar-refractivity contribution is -0.132. The molecule has 1 fully saturated rings. The summed E-state index contributed by atoms with van der Waals surface area (Å²) < 4.78 is 24.1. The van der Waals surface area contributed by atoms with E-state index >= 15 is 0 Å². The highest BCUT2D eigenvalue weighted by molar-refractivity contribution is 7.89. The van der Waals surface area contributed by atoms with Crippen molar-refractivity contribution in [3.8, 4) is 0 Å². The summed E-state index contributed by atoms with van der Waals surface area (Å²) >= 11 is 0. The normalized spacial score (nSPS) is 21.8. The Morgan fingerprint density at radius 2 is 2.20 bits per heavy atom. The molecule has 0 radical (unpaired) electrons. The van der Waals surface area contributed by atoms with Crippen molar-refractivity contribution in [2.45, 2.75) is 19.8 Å². The first kappa shape index (κ1) is 12.2. The van der Waals surface area contributed by atoms with E-state index in [4.69, 9.17) is 5.11 Å².